The van der Waals surface area contributed by atoms with Gasteiger partial charge in [-0.15, -0.1) is 0 Å². The summed E-state index contributed by atoms with van der Waals surface area (Å²) in [5.74, 6) is 0.600. The molecule has 0 saturated heterocycles. The van der Waals surface area contributed by atoms with Gasteiger partial charge in [0.2, 0.25) is 0 Å². The van der Waals surface area contributed by atoms with Crippen molar-refractivity contribution in [3.63, 3.8) is 0 Å². The number of hydrogen-bond donors (Lipinski definition) is 0. The predicted octanol–water partition coefficient (Wildman–Crippen LogP) is -1.11. The number of halogens is 3. The minimum atomic E-state index is -5.08. The van der Waals surface area contributed by atoms with Gasteiger partial charge in [0.25, 0.3) is 0 Å². The number of hydrogen-bond acceptors (Lipinski definition) is 4. The summed E-state index contributed by atoms with van der Waals surface area (Å²) in [4.78, 5) is 7.55. The van der Waals surface area contributed by atoms with Crippen molar-refractivity contribution in [2.45, 2.75) is 26.5 Å². The Labute approximate surface area is 162 Å². The topological polar surface area (TPSA) is 52.8 Å². The standard InChI is InChI=1S/C11H13BF3N4O.K/c1-8(2)19-11(17-7-18-19)6-20-10-3-9(4-16-5-10)12(13,14)15;/h3-5,7-8H,6H2,1-2H3;/q-1;+1. The van der Waals surface area contributed by atoms with Crippen LogP contribution >= 0.6 is 0 Å². The van der Waals surface area contributed by atoms with Gasteiger partial charge in [-0.25, -0.2) is 9.67 Å². The Balaban J connectivity index is 0.00000220. The van der Waals surface area contributed by atoms with Crippen LogP contribution in [0, 0.1) is 0 Å². The molecule has 0 bridgehead atoms. The third-order valence-electron chi connectivity index (χ3n) is 2.62. The Morgan fingerprint density at radius 2 is 2.00 bits per heavy atom. The molecule has 0 aliphatic rings. The Bertz CT molecular complexity index is 591. The van der Waals surface area contributed by atoms with E-state index in [1.54, 1.807) is 4.68 Å². The molecule has 2 rings (SSSR count). The molecule has 0 saturated carbocycles. The van der Waals surface area contributed by atoms with E-state index in [4.69, 9.17) is 4.74 Å². The third-order valence-corrected chi connectivity index (χ3v) is 2.62. The van der Waals surface area contributed by atoms with Gasteiger partial charge < -0.3 is 17.7 Å². The first-order chi connectivity index (χ1) is 9.38. The molecule has 2 aromatic rings. The largest absolute Gasteiger partial charge is 1.00 e. The minimum Gasteiger partial charge on any atom is -0.484 e. The molecule has 0 aromatic carbocycles. The second-order valence-electron chi connectivity index (χ2n) is 4.53. The Kier molecular flexibility index (Phi) is 6.85. The molecule has 0 unspecified atom stereocenters. The molecule has 0 atom stereocenters. The molecule has 0 radical (unpaired) electrons. The fraction of sp³-hybridized carbons (Fsp3) is 0.364. The fourth-order valence-corrected chi connectivity index (χ4v) is 1.65. The summed E-state index contributed by atoms with van der Waals surface area (Å²) in [5, 5.41) is 4.02. The SMILES string of the molecule is CC(C)n1ncnc1COc1cncc([B-](F)(F)F)c1.[K+]. The zero-order chi connectivity index (χ0) is 14.8. The molecule has 0 spiro atoms. The maximum absolute atomic E-state index is 12.6. The van der Waals surface area contributed by atoms with Crippen LogP contribution in [0.25, 0.3) is 0 Å². The summed E-state index contributed by atoms with van der Waals surface area (Å²) in [5.41, 5.74) is -0.784. The first-order valence-electron chi connectivity index (χ1n) is 6.04. The molecule has 0 aliphatic carbocycles. The van der Waals surface area contributed by atoms with E-state index < -0.39 is 12.4 Å². The van der Waals surface area contributed by atoms with E-state index in [0.29, 0.717) is 5.82 Å². The first kappa shape index (κ1) is 18.6. The fourth-order valence-electron chi connectivity index (χ4n) is 1.65. The first-order valence-corrected chi connectivity index (χ1v) is 6.04. The van der Waals surface area contributed by atoms with E-state index in [-0.39, 0.29) is 69.8 Å². The average molecular weight is 324 g/mol. The van der Waals surface area contributed by atoms with Crippen LogP contribution in [0.15, 0.2) is 24.8 Å². The molecule has 2 heterocycles. The summed E-state index contributed by atoms with van der Waals surface area (Å²) in [7, 11) is 0. The van der Waals surface area contributed by atoms with E-state index in [0.717, 1.165) is 12.3 Å². The van der Waals surface area contributed by atoms with E-state index >= 15 is 0 Å². The quantitative estimate of drug-likeness (QED) is 0.655. The summed E-state index contributed by atoms with van der Waals surface area (Å²) in [6.07, 6.45) is 3.40. The van der Waals surface area contributed by atoms with Crippen molar-refractivity contribution in [1.82, 2.24) is 19.7 Å². The van der Waals surface area contributed by atoms with Crippen molar-refractivity contribution in [1.29, 1.82) is 0 Å². The minimum absolute atomic E-state index is 0. The molecular weight excluding hydrogens is 311 g/mol. The maximum Gasteiger partial charge on any atom is 1.00 e. The van der Waals surface area contributed by atoms with Crippen molar-refractivity contribution in [3.05, 3.63) is 30.6 Å². The smallest absolute Gasteiger partial charge is 0.484 e. The van der Waals surface area contributed by atoms with Crippen LogP contribution in [0.4, 0.5) is 12.9 Å². The zero-order valence-corrected chi connectivity index (χ0v) is 15.1. The van der Waals surface area contributed by atoms with Gasteiger partial charge in [-0.2, -0.15) is 5.10 Å². The normalized spacial score (nSPS) is 11.3. The molecule has 0 fully saturated rings. The third kappa shape index (κ3) is 5.06. The van der Waals surface area contributed by atoms with Crippen molar-refractivity contribution >= 4 is 12.4 Å². The maximum atomic E-state index is 12.6. The Morgan fingerprint density at radius 3 is 2.62 bits per heavy atom. The van der Waals surface area contributed by atoms with Crippen LogP contribution in [-0.4, -0.2) is 26.7 Å². The van der Waals surface area contributed by atoms with Crippen molar-refractivity contribution < 1.29 is 69.1 Å². The van der Waals surface area contributed by atoms with Crippen molar-refractivity contribution in [2.75, 3.05) is 0 Å². The van der Waals surface area contributed by atoms with Crippen LogP contribution < -0.4 is 61.6 Å². The second kappa shape index (κ2) is 7.73. The average Bonchev–Trinajstić information content (AvgIpc) is 2.84. The molecule has 5 nitrogen and oxygen atoms in total. The van der Waals surface area contributed by atoms with Gasteiger partial charge in [0, 0.05) is 12.2 Å². The van der Waals surface area contributed by atoms with Crippen LogP contribution in [0.3, 0.4) is 0 Å². The van der Waals surface area contributed by atoms with Crippen LogP contribution in [0.1, 0.15) is 25.7 Å². The molecule has 2 aromatic heterocycles. The van der Waals surface area contributed by atoms with Crippen LogP contribution in [0.5, 0.6) is 5.75 Å². The second-order valence-corrected chi connectivity index (χ2v) is 4.53. The number of rotatable bonds is 5. The number of pyridine rings is 1. The Hall–Kier alpha value is -0.419. The van der Waals surface area contributed by atoms with Gasteiger partial charge in [-0.05, 0) is 19.9 Å². The monoisotopic (exact) mass is 324 g/mol. The molecule has 21 heavy (non-hydrogen) atoms. The van der Waals surface area contributed by atoms with Gasteiger partial charge in [0.15, 0.2) is 5.82 Å². The Morgan fingerprint density at radius 1 is 1.29 bits per heavy atom. The molecule has 0 aliphatic heterocycles. The van der Waals surface area contributed by atoms with Gasteiger partial charge in [0.05, 0.1) is 6.20 Å². The number of nitrogens with zero attached hydrogens (tertiary/aromatic N) is 4. The predicted molar refractivity (Wildman–Crippen MR) is 67.7 cm³/mol. The molecule has 0 N–H and O–H groups in total. The molecule has 0 amide bonds. The van der Waals surface area contributed by atoms with Crippen LogP contribution in [-0.2, 0) is 6.61 Å². The summed E-state index contributed by atoms with van der Waals surface area (Å²) in [6, 6.07) is 1.03. The van der Waals surface area contributed by atoms with Gasteiger partial charge >= 0.3 is 58.4 Å². The van der Waals surface area contributed by atoms with Crippen molar-refractivity contribution in [3.8, 4) is 5.75 Å². The number of aromatic nitrogens is 4. The molecule has 10 heteroatoms. The van der Waals surface area contributed by atoms with E-state index in [2.05, 4.69) is 15.1 Å². The molecular formula is C11H13BF3KN4O. The van der Waals surface area contributed by atoms with E-state index in [1.165, 1.54) is 12.5 Å². The van der Waals surface area contributed by atoms with Gasteiger partial charge in [0.1, 0.15) is 18.7 Å². The zero-order valence-electron chi connectivity index (χ0n) is 12.0. The summed E-state index contributed by atoms with van der Waals surface area (Å²) in [6.45, 7) is -1.20. The van der Waals surface area contributed by atoms with Crippen molar-refractivity contribution in [2.24, 2.45) is 0 Å². The van der Waals surface area contributed by atoms with Crippen LogP contribution in [0.2, 0.25) is 0 Å². The van der Waals surface area contributed by atoms with Gasteiger partial charge in [-0.1, -0.05) is 5.46 Å². The summed E-state index contributed by atoms with van der Waals surface area (Å²) < 4.78 is 44.7. The molecule has 108 valence electrons. The number of ether oxygens (including phenoxy) is 1. The van der Waals surface area contributed by atoms with E-state index in [9.17, 15) is 12.9 Å². The van der Waals surface area contributed by atoms with E-state index in [1.807, 2.05) is 13.8 Å². The van der Waals surface area contributed by atoms with Gasteiger partial charge in [-0.3, -0.25) is 4.98 Å². The summed E-state index contributed by atoms with van der Waals surface area (Å²) >= 11 is 0.